The third kappa shape index (κ3) is 8.53. The molecule has 1 saturated carbocycles. The van der Waals surface area contributed by atoms with E-state index in [2.05, 4.69) is 5.32 Å². The number of hydrogen-bond donors (Lipinski definition) is 1. The molecule has 1 atom stereocenters. The number of anilines is 1. The van der Waals surface area contributed by atoms with E-state index in [9.17, 15) is 18.0 Å². The van der Waals surface area contributed by atoms with Crippen LogP contribution < -0.4 is 14.4 Å². The Bertz CT molecular complexity index is 1780. The van der Waals surface area contributed by atoms with Crippen LogP contribution in [0.1, 0.15) is 42.4 Å². The van der Waals surface area contributed by atoms with Crippen molar-refractivity contribution >= 4 is 39.1 Å². The number of nitrogens with zero attached hydrogens (tertiary/aromatic N) is 2. The Balaban J connectivity index is 1.60. The SMILES string of the molecule is COc1ccc(C)cc1N(CC(=O)N(Cc1cccc(Cl)c1)[C@H](Cc1ccccc1)C(=O)NC1CCCC1)S(=O)(=O)c1ccccc1. The maximum absolute atomic E-state index is 14.7. The van der Waals surface area contributed by atoms with Crippen molar-refractivity contribution in [2.24, 2.45) is 0 Å². The van der Waals surface area contributed by atoms with E-state index in [-0.39, 0.29) is 35.5 Å². The van der Waals surface area contributed by atoms with E-state index >= 15 is 0 Å². The lowest BCUT2D eigenvalue weighted by Crippen LogP contribution is -2.54. The maximum Gasteiger partial charge on any atom is 0.264 e. The van der Waals surface area contributed by atoms with Gasteiger partial charge in [-0.2, -0.15) is 0 Å². The quantitative estimate of drug-likeness (QED) is 0.174. The topological polar surface area (TPSA) is 96.0 Å². The smallest absolute Gasteiger partial charge is 0.264 e. The Morgan fingerprint density at radius 1 is 0.894 bits per heavy atom. The average molecular weight is 674 g/mol. The number of nitrogens with one attached hydrogen (secondary N) is 1. The fourth-order valence-corrected chi connectivity index (χ4v) is 7.63. The Hall–Kier alpha value is -4.34. The molecule has 0 saturated heterocycles. The summed E-state index contributed by atoms with van der Waals surface area (Å²) in [4.78, 5) is 30.4. The summed E-state index contributed by atoms with van der Waals surface area (Å²) < 4.78 is 35.3. The molecular formula is C37H40ClN3O5S. The van der Waals surface area contributed by atoms with Crippen molar-refractivity contribution in [1.82, 2.24) is 10.2 Å². The summed E-state index contributed by atoms with van der Waals surface area (Å²) >= 11 is 6.35. The molecule has 4 aromatic rings. The van der Waals surface area contributed by atoms with Crippen molar-refractivity contribution in [3.8, 4) is 5.75 Å². The second kappa shape index (κ2) is 15.5. The lowest BCUT2D eigenvalue weighted by atomic mass is 10.0. The second-order valence-electron chi connectivity index (χ2n) is 11.8. The average Bonchev–Trinajstić information content (AvgIpc) is 3.59. The van der Waals surface area contributed by atoms with Crippen LogP contribution >= 0.6 is 11.6 Å². The first-order valence-electron chi connectivity index (χ1n) is 15.8. The number of amides is 2. The fraction of sp³-hybridized carbons (Fsp3) is 0.297. The van der Waals surface area contributed by atoms with E-state index in [0.717, 1.165) is 41.1 Å². The van der Waals surface area contributed by atoms with E-state index in [0.29, 0.717) is 16.3 Å². The van der Waals surface area contributed by atoms with Crippen LogP contribution in [0.3, 0.4) is 0 Å². The van der Waals surface area contributed by atoms with Gasteiger partial charge >= 0.3 is 0 Å². The Kier molecular flexibility index (Phi) is 11.2. The van der Waals surface area contributed by atoms with Crippen molar-refractivity contribution in [3.63, 3.8) is 0 Å². The molecule has 4 aromatic carbocycles. The Morgan fingerprint density at radius 2 is 1.55 bits per heavy atom. The van der Waals surface area contributed by atoms with Gasteiger partial charge in [0.1, 0.15) is 18.3 Å². The third-order valence-corrected chi connectivity index (χ3v) is 10.4. The third-order valence-electron chi connectivity index (χ3n) is 8.43. The van der Waals surface area contributed by atoms with Crippen LogP contribution in [0.4, 0.5) is 5.69 Å². The van der Waals surface area contributed by atoms with Crippen LogP contribution in [0, 0.1) is 6.92 Å². The molecule has 47 heavy (non-hydrogen) atoms. The number of sulfonamides is 1. The minimum atomic E-state index is -4.25. The van der Waals surface area contributed by atoms with Crippen molar-refractivity contribution in [1.29, 1.82) is 0 Å². The summed E-state index contributed by atoms with van der Waals surface area (Å²) in [7, 11) is -2.79. The number of halogens is 1. The van der Waals surface area contributed by atoms with Gasteiger partial charge in [-0.25, -0.2) is 8.42 Å². The summed E-state index contributed by atoms with van der Waals surface area (Å²) in [6.07, 6.45) is 4.06. The number of carbonyl (C=O) groups excluding carboxylic acids is 2. The summed E-state index contributed by atoms with van der Waals surface area (Å²) in [5.41, 5.74) is 2.60. The molecule has 246 valence electrons. The van der Waals surface area contributed by atoms with E-state index < -0.39 is 28.5 Å². The molecule has 5 rings (SSSR count). The number of hydrogen-bond acceptors (Lipinski definition) is 5. The number of rotatable bonds is 13. The van der Waals surface area contributed by atoms with Crippen LogP contribution in [0.15, 0.2) is 108 Å². The lowest BCUT2D eigenvalue weighted by Gasteiger charge is -2.34. The number of methoxy groups -OCH3 is 1. The van der Waals surface area contributed by atoms with E-state index in [1.54, 1.807) is 48.5 Å². The van der Waals surface area contributed by atoms with E-state index in [4.69, 9.17) is 16.3 Å². The summed E-state index contributed by atoms with van der Waals surface area (Å²) in [5.74, 6) is -0.526. The minimum absolute atomic E-state index is 0.0235. The van der Waals surface area contributed by atoms with Crippen molar-refractivity contribution in [3.05, 3.63) is 125 Å². The van der Waals surface area contributed by atoms with Crippen LogP contribution in [-0.4, -0.2) is 50.9 Å². The zero-order valence-corrected chi connectivity index (χ0v) is 28.2. The second-order valence-corrected chi connectivity index (χ2v) is 14.1. The summed E-state index contributed by atoms with van der Waals surface area (Å²) in [6.45, 7) is 1.31. The van der Waals surface area contributed by atoms with Crippen LogP contribution in [0.2, 0.25) is 5.02 Å². The standard InChI is InChI=1S/C37H40ClN3O5S/c1-27-20-21-35(46-2)33(22-27)41(47(44,45)32-18-7-4-8-19-32)26-36(42)40(25-29-14-11-15-30(38)23-29)34(24-28-12-5-3-6-13-28)37(43)39-31-16-9-10-17-31/h3-8,11-15,18-23,31,34H,9-10,16-17,24-26H2,1-2H3,(H,39,43)/t34-/m1/s1. The van der Waals surface area contributed by atoms with Gasteiger partial charge in [-0.3, -0.25) is 13.9 Å². The highest BCUT2D eigenvalue weighted by molar-refractivity contribution is 7.92. The molecule has 2 amide bonds. The first-order chi connectivity index (χ1) is 22.7. The molecule has 0 aliphatic heterocycles. The number of carbonyl (C=O) groups is 2. The molecule has 1 N–H and O–H groups in total. The zero-order chi connectivity index (χ0) is 33.4. The molecule has 10 heteroatoms. The molecular weight excluding hydrogens is 634 g/mol. The van der Waals surface area contributed by atoms with Gasteiger partial charge in [0.15, 0.2) is 0 Å². The summed E-state index contributed by atoms with van der Waals surface area (Å²) in [5, 5.41) is 3.68. The van der Waals surface area contributed by atoms with Crippen molar-refractivity contribution in [2.45, 2.75) is 62.6 Å². The molecule has 0 heterocycles. The minimum Gasteiger partial charge on any atom is -0.495 e. The monoisotopic (exact) mass is 673 g/mol. The molecule has 0 bridgehead atoms. The van der Waals surface area contributed by atoms with Crippen molar-refractivity contribution in [2.75, 3.05) is 18.0 Å². The van der Waals surface area contributed by atoms with Gasteiger partial charge in [-0.1, -0.05) is 91.2 Å². The predicted molar refractivity (Wildman–Crippen MR) is 185 cm³/mol. The van der Waals surface area contributed by atoms with Gasteiger partial charge < -0.3 is 15.0 Å². The van der Waals surface area contributed by atoms with Crippen LogP contribution in [0.25, 0.3) is 0 Å². The van der Waals surface area contributed by atoms with E-state index in [1.165, 1.54) is 24.1 Å². The highest BCUT2D eigenvalue weighted by atomic mass is 35.5. The van der Waals surface area contributed by atoms with Gasteiger partial charge in [0, 0.05) is 24.0 Å². The Labute approximate surface area is 282 Å². The lowest BCUT2D eigenvalue weighted by molar-refractivity contribution is -0.140. The molecule has 0 radical (unpaired) electrons. The van der Waals surface area contributed by atoms with Gasteiger partial charge in [0.25, 0.3) is 10.0 Å². The normalized spacial score (nSPS) is 13.9. The number of benzene rings is 4. The molecule has 1 aliphatic rings. The summed E-state index contributed by atoms with van der Waals surface area (Å²) in [6, 6.07) is 28.9. The highest BCUT2D eigenvalue weighted by Gasteiger charge is 2.36. The molecule has 1 aliphatic carbocycles. The van der Waals surface area contributed by atoms with Crippen LogP contribution in [0.5, 0.6) is 5.75 Å². The van der Waals surface area contributed by atoms with Gasteiger partial charge in [-0.15, -0.1) is 0 Å². The van der Waals surface area contributed by atoms with E-state index in [1.807, 2.05) is 49.4 Å². The molecule has 1 fully saturated rings. The Morgan fingerprint density at radius 3 is 2.21 bits per heavy atom. The predicted octanol–water partition coefficient (Wildman–Crippen LogP) is 6.55. The first kappa shape index (κ1) is 34.0. The van der Waals surface area contributed by atoms with Crippen molar-refractivity contribution < 1.29 is 22.7 Å². The van der Waals surface area contributed by atoms with Crippen LogP contribution in [-0.2, 0) is 32.6 Å². The van der Waals surface area contributed by atoms with Gasteiger partial charge in [-0.05, 0) is 72.9 Å². The van der Waals surface area contributed by atoms with Gasteiger partial charge in [0.2, 0.25) is 11.8 Å². The van der Waals surface area contributed by atoms with Gasteiger partial charge in [0.05, 0.1) is 17.7 Å². The molecule has 0 aromatic heterocycles. The zero-order valence-electron chi connectivity index (χ0n) is 26.6. The largest absolute Gasteiger partial charge is 0.495 e. The highest BCUT2D eigenvalue weighted by Crippen LogP contribution is 2.34. The molecule has 0 spiro atoms. The maximum atomic E-state index is 14.7. The first-order valence-corrected chi connectivity index (χ1v) is 17.6. The molecule has 8 nitrogen and oxygen atoms in total. The number of aryl methyl sites for hydroxylation is 1. The molecule has 0 unspecified atom stereocenters. The fourth-order valence-electron chi connectivity index (χ4n) is 5.98. The number of ether oxygens (including phenoxy) is 1.